The van der Waals surface area contributed by atoms with E-state index in [0.717, 1.165) is 47.2 Å². The summed E-state index contributed by atoms with van der Waals surface area (Å²) in [6, 6.07) is 1.90. The van der Waals surface area contributed by atoms with Gasteiger partial charge in [-0.25, -0.2) is 13.1 Å². The van der Waals surface area contributed by atoms with Crippen molar-refractivity contribution in [1.82, 2.24) is 10.0 Å². The standard InChI is InChI=1S/C13H22N2O2S3/c1-3-14-9-12-8-13(10(2)19-12)20(16,17)15-11-4-6-18-7-5-11/h8,11,14-15H,3-7,9H2,1-2H3. The number of nitrogens with one attached hydrogen (secondary N) is 2. The van der Waals surface area contributed by atoms with Crippen LogP contribution in [0, 0.1) is 6.92 Å². The van der Waals surface area contributed by atoms with Crippen LogP contribution in [0.3, 0.4) is 0 Å². The summed E-state index contributed by atoms with van der Waals surface area (Å²) in [5.41, 5.74) is 0. The first kappa shape index (κ1) is 16.3. The molecular formula is C13H22N2O2S3. The van der Waals surface area contributed by atoms with Crippen LogP contribution in [-0.4, -0.2) is 32.5 Å². The molecule has 1 aliphatic rings. The lowest BCUT2D eigenvalue weighted by atomic mass is 10.2. The van der Waals surface area contributed by atoms with Gasteiger partial charge in [-0.1, -0.05) is 6.92 Å². The van der Waals surface area contributed by atoms with Crippen LogP contribution in [0.5, 0.6) is 0 Å². The second-order valence-electron chi connectivity index (χ2n) is 4.92. The van der Waals surface area contributed by atoms with E-state index in [4.69, 9.17) is 0 Å². The molecule has 1 fully saturated rings. The van der Waals surface area contributed by atoms with Crippen molar-refractivity contribution in [2.24, 2.45) is 0 Å². The van der Waals surface area contributed by atoms with Gasteiger partial charge in [-0.3, -0.25) is 0 Å². The Morgan fingerprint density at radius 2 is 2.05 bits per heavy atom. The molecule has 0 aliphatic carbocycles. The minimum Gasteiger partial charge on any atom is -0.312 e. The van der Waals surface area contributed by atoms with Gasteiger partial charge in [-0.05, 0) is 43.9 Å². The molecule has 0 radical (unpaired) electrons. The molecule has 0 unspecified atom stereocenters. The summed E-state index contributed by atoms with van der Waals surface area (Å²) in [7, 11) is -3.37. The minimum absolute atomic E-state index is 0.0952. The molecule has 2 N–H and O–H groups in total. The maximum Gasteiger partial charge on any atom is 0.241 e. The van der Waals surface area contributed by atoms with Crippen LogP contribution < -0.4 is 10.0 Å². The Morgan fingerprint density at radius 3 is 2.70 bits per heavy atom. The van der Waals surface area contributed by atoms with Crippen LogP contribution >= 0.6 is 23.1 Å². The smallest absolute Gasteiger partial charge is 0.241 e. The lowest BCUT2D eigenvalue weighted by Gasteiger charge is -2.22. The molecule has 0 bridgehead atoms. The lowest BCUT2D eigenvalue weighted by molar-refractivity contribution is 0.528. The number of hydrogen-bond donors (Lipinski definition) is 2. The summed E-state index contributed by atoms with van der Waals surface area (Å²) in [6.07, 6.45) is 1.86. The zero-order valence-corrected chi connectivity index (χ0v) is 14.4. The average molecular weight is 335 g/mol. The van der Waals surface area contributed by atoms with Gasteiger partial charge in [0.25, 0.3) is 0 Å². The van der Waals surface area contributed by atoms with Crippen LogP contribution in [0.4, 0.5) is 0 Å². The zero-order chi connectivity index (χ0) is 14.6. The molecule has 1 saturated heterocycles. The van der Waals surface area contributed by atoms with E-state index >= 15 is 0 Å². The Morgan fingerprint density at radius 1 is 1.35 bits per heavy atom. The highest BCUT2D eigenvalue weighted by molar-refractivity contribution is 7.99. The van der Waals surface area contributed by atoms with Gasteiger partial charge in [0.2, 0.25) is 10.0 Å². The van der Waals surface area contributed by atoms with Crippen LogP contribution in [0.1, 0.15) is 29.5 Å². The first-order valence-corrected chi connectivity index (χ1v) is 10.4. The molecule has 20 heavy (non-hydrogen) atoms. The Bertz CT molecular complexity index is 534. The van der Waals surface area contributed by atoms with Crippen molar-refractivity contribution in [2.45, 2.75) is 44.2 Å². The fourth-order valence-corrected chi connectivity index (χ4v) is 6.24. The summed E-state index contributed by atoms with van der Waals surface area (Å²) in [6.45, 7) is 5.54. The molecule has 4 nitrogen and oxygen atoms in total. The maximum atomic E-state index is 12.5. The third-order valence-electron chi connectivity index (χ3n) is 3.31. The van der Waals surface area contributed by atoms with Crippen molar-refractivity contribution < 1.29 is 8.42 Å². The summed E-state index contributed by atoms with van der Waals surface area (Å²) < 4.78 is 27.8. The fourth-order valence-electron chi connectivity index (χ4n) is 2.22. The van der Waals surface area contributed by atoms with E-state index in [1.54, 1.807) is 11.3 Å². The van der Waals surface area contributed by atoms with Crippen molar-refractivity contribution in [3.05, 3.63) is 15.8 Å². The molecule has 2 rings (SSSR count). The molecule has 0 aromatic carbocycles. The predicted molar refractivity (Wildman–Crippen MR) is 87.1 cm³/mol. The minimum atomic E-state index is -3.37. The van der Waals surface area contributed by atoms with Gasteiger partial charge in [0.15, 0.2) is 0 Å². The molecule has 0 saturated carbocycles. The van der Waals surface area contributed by atoms with Gasteiger partial charge in [-0.15, -0.1) is 11.3 Å². The number of rotatable bonds is 6. The maximum absolute atomic E-state index is 12.5. The Kier molecular flexibility index (Phi) is 5.92. The van der Waals surface area contributed by atoms with Crippen molar-refractivity contribution in [1.29, 1.82) is 0 Å². The fraction of sp³-hybridized carbons (Fsp3) is 0.692. The summed E-state index contributed by atoms with van der Waals surface area (Å²) in [5, 5.41) is 3.23. The topological polar surface area (TPSA) is 58.2 Å². The summed E-state index contributed by atoms with van der Waals surface area (Å²) in [5.74, 6) is 2.09. The number of aryl methyl sites for hydroxylation is 1. The molecule has 114 valence electrons. The third kappa shape index (κ3) is 4.21. The molecule has 1 aromatic heterocycles. The molecule has 7 heteroatoms. The first-order chi connectivity index (χ1) is 9.53. The second-order valence-corrected chi connectivity index (χ2v) is 9.17. The van der Waals surface area contributed by atoms with E-state index < -0.39 is 10.0 Å². The van der Waals surface area contributed by atoms with E-state index in [-0.39, 0.29) is 6.04 Å². The van der Waals surface area contributed by atoms with Gasteiger partial charge in [0.1, 0.15) is 0 Å². The van der Waals surface area contributed by atoms with Gasteiger partial charge in [0, 0.05) is 22.3 Å². The zero-order valence-electron chi connectivity index (χ0n) is 11.9. The molecule has 0 amide bonds. The van der Waals surface area contributed by atoms with E-state index in [1.165, 1.54) is 0 Å². The van der Waals surface area contributed by atoms with Crippen molar-refractivity contribution in [2.75, 3.05) is 18.1 Å². The van der Waals surface area contributed by atoms with Gasteiger partial charge in [-0.2, -0.15) is 11.8 Å². The van der Waals surface area contributed by atoms with Crippen molar-refractivity contribution in [3.8, 4) is 0 Å². The number of thioether (sulfide) groups is 1. The molecule has 1 aromatic rings. The summed E-state index contributed by atoms with van der Waals surface area (Å²) in [4.78, 5) is 2.40. The highest BCUT2D eigenvalue weighted by Crippen LogP contribution is 2.27. The summed E-state index contributed by atoms with van der Waals surface area (Å²) >= 11 is 3.45. The third-order valence-corrected chi connectivity index (χ3v) is 7.18. The average Bonchev–Trinajstić information content (AvgIpc) is 2.79. The monoisotopic (exact) mass is 334 g/mol. The Hall–Kier alpha value is -0.0800. The highest BCUT2D eigenvalue weighted by atomic mass is 32.2. The van der Waals surface area contributed by atoms with Crippen molar-refractivity contribution >= 4 is 33.1 Å². The van der Waals surface area contributed by atoms with Gasteiger partial charge >= 0.3 is 0 Å². The number of thiophene rings is 1. The first-order valence-electron chi connectivity index (χ1n) is 6.93. The van der Waals surface area contributed by atoms with E-state index in [1.807, 2.05) is 31.7 Å². The van der Waals surface area contributed by atoms with Crippen molar-refractivity contribution in [3.63, 3.8) is 0 Å². The quantitative estimate of drug-likeness (QED) is 0.838. The Balaban J connectivity index is 2.09. The largest absolute Gasteiger partial charge is 0.312 e. The predicted octanol–water partition coefficient (Wildman–Crippen LogP) is 2.34. The van der Waals surface area contributed by atoms with Crippen LogP contribution in [0.15, 0.2) is 11.0 Å². The molecule has 0 atom stereocenters. The molecular weight excluding hydrogens is 312 g/mol. The molecule has 2 heterocycles. The van der Waals surface area contributed by atoms with E-state index in [0.29, 0.717) is 4.90 Å². The van der Waals surface area contributed by atoms with E-state index in [9.17, 15) is 8.42 Å². The SMILES string of the molecule is CCNCc1cc(S(=O)(=O)NC2CCSCC2)c(C)s1. The highest BCUT2D eigenvalue weighted by Gasteiger charge is 2.24. The Labute approximate surface area is 129 Å². The van der Waals surface area contributed by atoms with Crippen LogP contribution in [0.25, 0.3) is 0 Å². The van der Waals surface area contributed by atoms with Gasteiger partial charge < -0.3 is 5.32 Å². The number of sulfonamides is 1. The molecule has 0 spiro atoms. The molecule has 1 aliphatic heterocycles. The van der Waals surface area contributed by atoms with E-state index in [2.05, 4.69) is 10.0 Å². The van der Waals surface area contributed by atoms with Gasteiger partial charge in [0.05, 0.1) is 4.90 Å². The number of hydrogen-bond acceptors (Lipinski definition) is 5. The normalized spacial score (nSPS) is 17.5. The van der Waals surface area contributed by atoms with Crippen LogP contribution in [0.2, 0.25) is 0 Å². The second kappa shape index (κ2) is 7.26. The lowest BCUT2D eigenvalue weighted by Crippen LogP contribution is -2.37. The van der Waals surface area contributed by atoms with Crippen LogP contribution in [-0.2, 0) is 16.6 Å².